The molecule has 22 heavy (non-hydrogen) atoms. The summed E-state index contributed by atoms with van der Waals surface area (Å²) >= 11 is 0. The summed E-state index contributed by atoms with van der Waals surface area (Å²) in [7, 11) is 0. The number of benzene rings is 1. The van der Waals surface area contributed by atoms with Gasteiger partial charge in [-0.15, -0.1) is 0 Å². The molecule has 0 atom stereocenters. The molecule has 1 aromatic carbocycles. The highest BCUT2D eigenvalue weighted by Gasteiger charge is 2.26. The lowest BCUT2D eigenvalue weighted by molar-refractivity contribution is 0.338. The predicted octanol–water partition coefficient (Wildman–Crippen LogP) is 4.35. The van der Waals surface area contributed by atoms with E-state index >= 15 is 0 Å². The number of rotatable bonds is 3. The molecular weight excluding hydrogens is 274 g/mol. The highest BCUT2D eigenvalue weighted by atomic mass is 16.5. The van der Waals surface area contributed by atoms with Crippen molar-refractivity contribution in [3.05, 3.63) is 28.8 Å². The maximum absolute atomic E-state index is 10.7. The van der Waals surface area contributed by atoms with E-state index < -0.39 is 0 Å². The lowest BCUT2D eigenvalue weighted by atomic mass is 9.78. The van der Waals surface area contributed by atoms with Gasteiger partial charge in [-0.1, -0.05) is 53.7 Å². The molecule has 1 aliphatic rings. The van der Waals surface area contributed by atoms with E-state index in [0.29, 0.717) is 12.4 Å². The van der Waals surface area contributed by atoms with Crippen LogP contribution in [-0.4, -0.2) is 24.2 Å². The zero-order chi connectivity index (χ0) is 16.5. The summed E-state index contributed by atoms with van der Waals surface area (Å²) in [5, 5.41) is 10.7. The van der Waals surface area contributed by atoms with E-state index in [2.05, 4.69) is 58.7 Å². The Morgan fingerprint density at radius 1 is 1.00 bits per heavy atom. The lowest BCUT2D eigenvalue weighted by Crippen LogP contribution is -2.18. The summed E-state index contributed by atoms with van der Waals surface area (Å²) in [5.41, 5.74) is 3.11. The largest absolute Gasteiger partial charge is 0.507 e. The lowest BCUT2D eigenvalue weighted by Gasteiger charge is -2.28. The Morgan fingerprint density at radius 2 is 1.55 bits per heavy atom. The van der Waals surface area contributed by atoms with Crippen molar-refractivity contribution in [3.63, 3.8) is 0 Å². The van der Waals surface area contributed by atoms with Crippen molar-refractivity contribution in [2.24, 2.45) is 4.99 Å². The first kappa shape index (κ1) is 16.9. The van der Waals surface area contributed by atoms with Crippen LogP contribution in [0.2, 0.25) is 0 Å². The van der Waals surface area contributed by atoms with E-state index in [0.717, 1.165) is 36.4 Å². The van der Waals surface area contributed by atoms with Gasteiger partial charge in [0.1, 0.15) is 12.4 Å². The molecule has 1 N–H and O–H groups in total. The fourth-order valence-electron chi connectivity index (χ4n) is 2.76. The van der Waals surface area contributed by atoms with E-state index in [1.165, 1.54) is 5.56 Å². The van der Waals surface area contributed by atoms with Crippen LogP contribution in [-0.2, 0) is 22.0 Å². The van der Waals surface area contributed by atoms with E-state index in [1.54, 1.807) is 0 Å². The summed E-state index contributed by atoms with van der Waals surface area (Å²) in [5.74, 6) is 1.31. The molecule has 0 saturated heterocycles. The van der Waals surface area contributed by atoms with Gasteiger partial charge in [0.25, 0.3) is 0 Å². The smallest absolute Gasteiger partial charge is 0.183 e. The fourth-order valence-corrected chi connectivity index (χ4v) is 2.76. The average Bonchev–Trinajstić information content (AvgIpc) is 2.87. The Morgan fingerprint density at radius 3 is 1.95 bits per heavy atom. The predicted molar refractivity (Wildman–Crippen MR) is 92.1 cm³/mol. The molecule has 0 aromatic heterocycles. The van der Waals surface area contributed by atoms with Gasteiger partial charge in [-0.25, -0.2) is 0 Å². The quantitative estimate of drug-likeness (QED) is 0.902. The molecule has 0 spiro atoms. The maximum atomic E-state index is 10.7. The average molecular weight is 303 g/mol. The van der Waals surface area contributed by atoms with Gasteiger partial charge in [-0.05, 0) is 33.9 Å². The van der Waals surface area contributed by atoms with Gasteiger partial charge in [0.05, 0.1) is 6.54 Å². The van der Waals surface area contributed by atoms with Crippen molar-refractivity contribution in [1.82, 2.24) is 0 Å². The topological polar surface area (TPSA) is 41.8 Å². The van der Waals surface area contributed by atoms with Gasteiger partial charge in [0.15, 0.2) is 5.90 Å². The molecule has 1 aromatic rings. The van der Waals surface area contributed by atoms with Crippen LogP contribution in [0.25, 0.3) is 0 Å². The summed E-state index contributed by atoms with van der Waals surface area (Å²) in [6.07, 6.45) is 1.73. The Labute approximate surface area is 134 Å². The van der Waals surface area contributed by atoms with Gasteiger partial charge >= 0.3 is 0 Å². The first-order chi connectivity index (χ1) is 10.1. The first-order valence-electron chi connectivity index (χ1n) is 8.12. The van der Waals surface area contributed by atoms with Crippen molar-refractivity contribution in [2.75, 3.05) is 13.2 Å². The summed E-state index contributed by atoms with van der Waals surface area (Å²) in [6, 6.07) is 4.28. The van der Waals surface area contributed by atoms with Crippen LogP contribution in [0.5, 0.6) is 5.75 Å². The molecule has 0 unspecified atom stereocenters. The van der Waals surface area contributed by atoms with E-state index in [9.17, 15) is 5.11 Å². The molecule has 3 nitrogen and oxygen atoms in total. The van der Waals surface area contributed by atoms with Crippen molar-refractivity contribution >= 4 is 5.90 Å². The van der Waals surface area contributed by atoms with Crippen molar-refractivity contribution in [3.8, 4) is 5.75 Å². The van der Waals surface area contributed by atoms with Gasteiger partial charge in [0.2, 0.25) is 0 Å². The summed E-state index contributed by atoms with van der Waals surface area (Å²) in [6.45, 7) is 14.3. The van der Waals surface area contributed by atoms with Crippen LogP contribution in [0, 0.1) is 0 Å². The molecule has 0 fully saturated rings. The van der Waals surface area contributed by atoms with Gasteiger partial charge in [0, 0.05) is 6.42 Å². The SMILES string of the molecule is CC(C)(C)c1cc(CCC2=NCCO2)cc(C(C)(C)C)c1O. The van der Waals surface area contributed by atoms with E-state index in [4.69, 9.17) is 4.74 Å². The monoisotopic (exact) mass is 303 g/mol. The number of nitrogens with zero attached hydrogens (tertiary/aromatic N) is 1. The van der Waals surface area contributed by atoms with Crippen LogP contribution in [0.4, 0.5) is 0 Å². The van der Waals surface area contributed by atoms with Gasteiger partial charge < -0.3 is 9.84 Å². The van der Waals surface area contributed by atoms with Crippen LogP contribution in [0.15, 0.2) is 17.1 Å². The van der Waals surface area contributed by atoms with E-state index in [-0.39, 0.29) is 10.8 Å². The number of phenols is 1. The zero-order valence-electron chi connectivity index (χ0n) is 14.8. The standard InChI is InChI=1S/C19H29NO2/c1-18(2,3)14-11-13(7-8-16-20-9-10-22-16)12-15(17(14)21)19(4,5)6/h11-12,21H,7-10H2,1-6H3. The van der Waals surface area contributed by atoms with Crippen molar-refractivity contribution in [1.29, 1.82) is 0 Å². The summed E-state index contributed by atoms with van der Waals surface area (Å²) in [4.78, 5) is 4.36. The number of ether oxygens (including phenoxy) is 1. The fraction of sp³-hybridized carbons (Fsp3) is 0.632. The second-order valence-corrected chi connectivity index (χ2v) is 8.16. The molecule has 3 heteroatoms. The number of phenolic OH excluding ortho intramolecular Hbond substituents is 1. The number of aromatic hydroxyl groups is 1. The molecule has 122 valence electrons. The third-order valence-corrected chi connectivity index (χ3v) is 4.06. The minimum atomic E-state index is -0.0819. The molecular formula is C19H29NO2. The molecule has 1 heterocycles. The Balaban J connectivity index is 2.37. The van der Waals surface area contributed by atoms with Crippen molar-refractivity contribution in [2.45, 2.75) is 65.2 Å². The highest BCUT2D eigenvalue weighted by molar-refractivity contribution is 5.77. The molecule has 0 bridgehead atoms. The van der Waals surface area contributed by atoms with Crippen molar-refractivity contribution < 1.29 is 9.84 Å². The highest BCUT2D eigenvalue weighted by Crippen LogP contribution is 2.40. The van der Waals surface area contributed by atoms with E-state index in [1.807, 2.05) is 0 Å². The molecule has 0 amide bonds. The van der Waals surface area contributed by atoms with Gasteiger partial charge in [-0.2, -0.15) is 0 Å². The maximum Gasteiger partial charge on any atom is 0.183 e. The minimum Gasteiger partial charge on any atom is -0.507 e. The van der Waals surface area contributed by atoms with Gasteiger partial charge in [-0.3, -0.25) is 4.99 Å². The molecule has 0 aliphatic carbocycles. The Bertz CT molecular complexity index is 539. The number of aryl methyl sites for hydroxylation is 1. The second-order valence-electron chi connectivity index (χ2n) is 8.16. The minimum absolute atomic E-state index is 0.0819. The molecule has 0 saturated carbocycles. The molecule has 2 rings (SSSR count). The molecule has 1 aliphatic heterocycles. The third-order valence-electron chi connectivity index (χ3n) is 4.06. The van der Waals surface area contributed by atoms with Crippen LogP contribution >= 0.6 is 0 Å². The van der Waals surface area contributed by atoms with Crippen LogP contribution < -0.4 is 0 Å². The normalized spacial score (nSPS) is 15.6. The number of hydrogen-bond donors (Lipinski definition) is 1. The molecule has 0 radical (unpaired) electrons. The van der Waals surface area contributed by atoms with Crippen LogP contribution in [0.3, 0.4) is 0 Å². The number of hydrogen-bond acceptors (Lipinski definition) is 3. The second kappa shape index (κ2) is 5.94. The summed E-state index contributed by atoms with van der Waals surface area (Å²) < 4.78 is 5.49. The Kier molecular flexibility index (Phi) is 4.55. The first-order valence-corrected chi connectivity index (χ1v) is 8.12. The third kappa shape index (κ3) is 3.82. The Hall–Kier alpha value is -1.51. The van der Waals surface area contributed by atoms with Crippen LogP contribution in [0.1, 0.15) is 64.7 Å². The zero-order valence-corrected chi connectivity index (χ0v) is 14.8. The number of aliphatic imine (C=N–C) groups is 1.